The molecule has 0 bridgehead atoms. The fourth-order valence-corrected chi connectivity index (χ4v) is 1.27. The van der Waals surface area contributed by atoms with E-state index in [9.17, 15) is 0 Å². The maximum absolute atomic E-state index is 5.78. The van der Waals surface area contributed by atoms with Gasteiger partial charge < -0.3 is 5.32 Å². The molecule has 0 saturated heterocycles. The highest BCUT2D eigenvalue weighted by atomic mass is 35.5. The first kappa shape index (κ1) is 10.8. The molecule has 1 heterocycles. The molecule has 1 unspecified atom stereocenters. The Hall–Kier alpha value is -1.27. The van der Waals surface area contributed by atoms with Crippen LogP contribution in [0.15, 0.2) is 6.07 Å². The number of terminal acetylenes is 1. The Labute approximate surface area is 88.9 Å². The standard InChI is InChI=1S/C10H12ClN3/c1-4-8(5-2)14-10-6-9(11)12-7(3)13-10/h1,6,8H,5H2,2-3H3,(H,12,13,14). The second-order valence-corrected chi connectivity index (χ2v) is 3.28. The summed E-state index contributed by atoms with van der Waals surface area (Å²) in [5.74, 6) is 3.93. The SMILES string of the molecule is C#CC(CC)Nc1cc(Cl)nc(C)n1. The minimum absolute atomic E-state index is 0.0135. The van der Waals surface area contributed by atoms with Gasteiger partial charge in [-0.3, -0.25) is 0 Å². The van der Waals surface area contributed by atoms with Gasteiger partial charge in [0.2, 0.25) is 0 Å². The van der Waals surface area contributed by atoms with Gasteiger partial charge in [-0.1, -0.05) is 24.4 Å². The number of anilines is 1. The minimum atomic E-state index is -0.0135. The monoisotopic (exact) mass is 209 g/mol. The normalized spacial score (nSPS) is 11.9. The van der Waals surface area contributed by atoms with Gasteiger partial charge in [0.1, 0.15) is 16.8 Å². The quantitative estimate of drug-likeness (QED) is 0.613. The molecule has 14 heavy (non-hydrogen) atoms. The van der Waals surface area contributed by atoms with Gasteiger partial charge in [0.05, 0.1) is 6.04 Å². The van der Waals surface area contributed by atoms with Crippen LogP contribution in [-0.2, 0) is 0 Å². The summed E-state index contributed by atoms with van der Waals surface area (Å²) in [6.45, 7) is 3.79. The first-order valence-electron chi connectivity index (χ1n) is 4.39. The van der Waals surface area contributed by atoms with Gasteiger partial charge in [-0.05, 0) is 13.3 Å². The van der Waals surface area contributed by atoms with Crippen molar-refractivity contribution in [3.8, 4) is 12.3 Å². The van der Waals surface area contributed by atoms with Crippen LogP contribution in [0.5, 0.6) is 0 Å². The molecule has 0 saturated carbocycles. The van der Waals surface area contributed by atoms with E-state index in [0.29, 0.717) is 16.8 Å². The molecule has 0 aliphatic heterocycles. The molecular formula is C10H12ClN3. The molecule has 1 N–H and O–H groups in total. The minimum Gasteiger partial charge on any atom is -0.356 e. The van der Waals surface area contributed by atoms with Crippen molar-refractivity contribution in [3.63, 3.8) is 0 Å². The molecule has 3 nitrogen and oxygen atoms in total. The summed E-state index contributed by atoms with van der Waals surface area (Å²) in [5.41, 5.74) is 0. The van der Waals surface area contributed by atoms with Crippen molar-refractivity contribution in [2.24, 2.45) is 0 Å². The number of halogens is 1. The molecule has 0 amide bonds. The lowest BCUT2D eigenvalue weighted by atomic mass is 10.2. The number of aromatic nitrogens is 2. The molecule has 0 aliphatic carbocycles. The molecule has 1 aromatic heterocycles. The van der Waals surface area contributed by atoms with Gasteiger partial charge in [0, 0.05) is 6.07 Å². The Morgan fingerprint density at radius 2 is 2.36 bits per heavy atom. The topological polar surface area (TPSA) is 37.8 Å². The highest BCUT2D eigenvalue weighted by Gasteiger charge is 2.04. The van der Waals surface area contributed by atoms with Crippen molar-refractivity contribution < 1.29 is 0 Å². The fraction of sp³-hybridized carbons (Fsp3) is 0.400. The van der Waals surface area contributed by atoms with Crippen molar-refractivity contribution in [2.45, 2.75) is 26.3 Å². The molecule has 4 heteroatoms. The lowest BCUT2D eigenvalue weighted by Gasteiger charge is -2.11. The predicted molar refractivity (Wildman–Crippen MR) is 58.3 cm³/mol. The second-order valence-electron chi connectivity index (χ2n) is 2.89. The summed E-state index contributed by atoms with van der Waals surface area (Å²) >= 11 is 5.78. The third-order valence-electron chi connectivity index (χ3n) is 1.74. The Kier molecular flexibility index (Phi) is 3.73. The van der Waals surface area contributed by atoms with Crippen LogP contribution in [0.4, 0.5) is 5.82 Å². The lowest BCUT2D eigenvalue weighted by Crippen LogP contribution is -2.17. The van der Waals surface area contributed by atoms with Crippen LogP contribution in [0, 0.1) is 19.3 Å². The Balaban J connectivity index is 2.82. The summed E-state index contributed by atoms with van der Waals surface area (Å²) < 4.78 is 0. The molecule has 0 aliphatic rings. The molecular weight excluding hydrogens is 198 g/mol. The van der Waals surface area contributed by atoms with Crippen LogP contribution in [-0.4, -0.2) is 16.0 Å². The Morgan fingerprint density at radius 3 is 2.86 bits per heavy atom. The molecule has 74 valence electrons. The van der Waals surface area contributed by atoms with Crippen LogP contribution in [0.3, 0.4) is 0 Å². The van der Waals surface area contributed by atoms with Crippen molar-refractivity contribution in [3.05, 3.63) is 17.0 Å². The third-order valence-corrected chi connectivity index (χ3v) is 1.93. The number of hydrogen-bond donors (Lipinski definition) is 1. The highest BCUT2D eigenvalue weighted by molar-refractivity contribution is 6.29. The van der Waals surface area contributed by atoms with E-state index < -0.39 is 0 Å². The molecule has 1 rings (SSSR count). The van der Waals surface area contributed by atoms with Crippen LogP contribution < -0.4 is 5.32 Å². The molecule has 0 spiro atoms. The van der Waals surface area contributed by atoms with E-state index in [-0.39, 0.29) is 6.04 Å². The smallest absolute Gasteiger partial charge is 0.134 e. The summed E-state index contributed by atoms with van der Waals surface area (Å²) in [6.07, 6.45) is 6.16. The lowest BCUT2D eigenvalue weighted by molar-refractivity contribution is 0.846. The molecule has 0 aromatic carbocycles. The van der Waals surface area contributed by atoms with E-state index in [1.807, 2.05) is 6.92 Å². The zero-order chi connectivity index (χ0) is 10.6. The number of nitrogens with zero attached hydrogens (tertiary/aromatic N) is 2. The van der Waals surface area contributed by atoms with E-state index in [0.717, 1.165) is 6.42 Å². The van der Waals surface area contributed by atoms with Crippen LogP contribution in [0.25, 0.3) is 0 Å². The van der Waals surface area contributed by atoms with E-state index in [2.05, 4.69) is 21.2 Å². The van der Waals surface area contributed by atoms with Crippen LogP contribution in [0.1, 0.15) is 19.2 Å². The average Bonchev–Trinajstić information content (AvgIpc) is 2.12. The summed E-state index contributed by atoms with van der Waals surface area (Å²) in [4.78, 5) is 8.12. The summed E-state index contributed by atoms with van der Waals surface area (Å²) in [7, 11) is 0. The van der Waals surface area contributed by atoms with Gasteiger partial charge in [-0.15, -0.1) is 6.42 Å². The number of aryl methyl sites for hydroxylation is 1. The first-order chi connectivity index (χ1) is 6.65. The molecule has 1 atom stereocenters. The van der Waals surface area contributed by atoms with Crippen LogP contribution >= 0.6 is 11.6 Å². The highest BCUT2D eigenvalue weighted by Crippen LogP contribution is 2.12. The van der Waals surface area contributed by atoms with Crippen LogP contribution in [0.2, 0.25) is 5.15 Å². The Bertz CT molecular complexity index is 337. The third kappa shape index (κ3) is 2.90. The summed E-state index contributed by atoms with van der Waals surface area (Å²) in [6, 6.07) is 1.65. The zero-order valence-electron chi connectivity index (χ0n) is 8.21. The van der Waals surface area contributed by atoms with Gasteiger partial charge in [-0.25, -0.2) is 9.97 Å². The molecule has 0 fully saturated rings. The zero-order valence-corrected chi connectivity index (χ0v) is 8.97. The van der Waals surface area contributed by atoms with E-state index >= 15 is 0 Å². The first-order valence-corrected chi connectivity index (χ1v) is 4.77. The largest absolute Gasteiger partial charge is 0.356 e. The fourth-order valence-electron chi connectivity index (χ4n) is 1.05. The van der Waals surface area contributed by atoms with Gasteiger partial charge >= 0.3 is 0 Å². The Morgan fingerprint density at radius 1 is 1.64 bits per heavy atom. The van der Waals surface area contributed by atoms with Gasteiger partial charge in [0.15, 0.2) is 0 Å². The van der Waals surface area contributed by atoms with Gasteiger partial charge in [-0.2, -0.15) is 0 Å². The number of nitrogens with one attached hydrogen (secondary N) is 1. The molecule has 0 radical (unpaired) electrons. The maximum Gasteiger partial charge on any atom is 0.134 e. The van der Waals surface area contributed by atoms with Crippen molar-refractivity contribution in [1.82, 2.24) is 9.97 Å². The maximum atomic E-state index is 5.78. The number of rotatable bonds is 3. The predicted octanol–water partition coefficient (Wildman–Crippen LogP) is 2.26. The second kappa shape index (κ2) is 4.83. The van der Waals surface area contributed by atoms with Crippen molar-refractivity contribution >= 4 is 17.4 Å². The van der Waals surface area contributed by atoms with E-state index in [4.69, 9.17) is 18.0 Å². The van der Waals surface area contributed by atoms with Crippen molar-refractivity contribution in [2.75, 3.05) is 5.32 Å². The molecule has 1 aromatic rings. The van der Waals surface area contributed by atoms with E-state index in [1.165, 1.54) is 0 Å². The number of hydrogen-bond acceptors (Lipinski definition) is 3. The van der Waals surface area contributed by atoms with E-state index in [1.54, 1.807) is 13.0 Å². The van der Waals surface area contributed by atoms with Crippen molar-refractivity contribution in [1.29, 1.82) is 0 Å². The summed E-state index contributed by atoms with van der Waals surface area (Å²) in [5, 5.41) is 3.51. The van der Waals surface area contributed by atoms with Gasteiger partial charge in [0.25, 0.3) is 0 Å². The average molecular weight is 210 g/mol.